The van der Waals surface area contributed by atoms with Crippen molar-refractivity contribution in [3.05, 3.63) is 236 Å². The largest absolute Gasteiger partial charge is 0.0774 e. The van der Waals surface area contributed by atoms with Crippen LogP contribution in [0.25, 0.3) is 160 Å². The van der Waals surface area contributed by atoms with E-state index in [0.29, 0.717) is 5.92 Å². The molecule has 0 N–H and O–H groups in total. The standard InChI is InChI=1S/C74H50/c1-43(2)74(3)37-36-58-63(42-74)67(55-31-27-47-17-7-11-21-51(47)41-55)73-62-35-34-60-68-59(32-33-61(69(62)68)72(73)66(58)54-30-26-46-16-6-10-20-50(46)40-54)70-64(52-28-24-44-14-4-8-18-48(44)38-52)56-22-12-13-23-57(56)65(71(60)70)53-29-25-45-15-5-9-19-49(45)39-53/h4-41,43H,42H2,1-3H3. The Bertz CT molecular complexity index is 4540. The number of fused-ring (bicyclic) bond motifs is 12. The summed E-state index contributed by atoms with van der Waals surface area (Å²) in [6.07, 6.45) is 6.01. The Balaban J connectivity index is 1.06. The topological polar surface area (TPSA) is 0 Å². The Morgan fingerprint density at radius 1 is 0.324 bits per heavy atom. The highest BCUT2D eigenvalue weighted by atomic mass is 14.4. The maximum Gasteiger partial charge on any atom is -0.000740 e. The van der Waals surface area contributed by atoms with Gasteiger partial charge in [0.05, 0.1) is 0 Å². The van der Waals surface area contributed by atoms with Crippen molar-refractivity contribution >= 4 is 70.7 Å². The van der Waals surface area contributed by atoms with Crippen LogP contribution >= 0.6 is 0 Å². The molecular formula is C74H50. The van der Waals surface area contributed by atoms with Gasteiger partial charge in [0, 0.05) is 0 Å². The quantitative estimate of drug-likeness (QED) is 0.161. The van der Waals surface area contributed by atoms with Crippen LogP contribution in [-0.4, -0.2) is 0 Å². The first-order chi connectivity index (χ1) is 36.4. The predicted octanol–water partition coefficient (Wildman–Crippen LogP) is 20.8. The van der Waals surface area contributed by atoms with Crippen LogP contribution in [0.1, 0.15) is 31.9 Å². The lowest BCUT2D eigenvalue weighted by atomic mass is 9.67. The average Bonchev–Trinajstić information content (AvgIpc) is 4.02. The summed E-state index contributed by atoms with van der Waals surface area (Å²) in [5, 5.41) is 15.3. The molecule has 3 aliphatic rings. The minimum atomic E-state index is -0.0177. The second-order valence-corrected chi connectivity index (χ2v) is 21.9. The highest BCUT2D eigenvalue weighted by Crippen LogP contribution is 2.65. The van der Waals surface area contributed by atoms with Crippen LogP contribution < -0.4 is 0 Å². The first-order valence-electron chi connectivity index (χ1n) is 26.5. The van der Waals surface area contributed by atoms with E-state index in [2.05, 4.69) is 251 Å². The molecule has 0 bridgehead atoms. The Hall–Kier alpha value is -8.84. The van der Waals surface area contributed by atoms with Gasteiger partial charge < -0.3 is 0 Å². The van der Waals surface area contributed by atoms with E-state index in [1.54, 1.807) is 0 Å². The Morgan fingerprint density at radius 2 is 0.649 bits per heavy atom. The summed E-state index contributed by atoms with van der Waals surface area (Å²) in [6.45, 7) is 7.27. The van der Waals surface area contributed by atoms with Gasteiger partial charge in [0.25, 0.3) is 0 Å². The Morgan fingerprint density at radius 3 is 1.04 bits per heavy atom. The molecule has 1 unspecified atom stereocenters. The van der Waals surface area contributed by atoms with Crippen LogP contribution in [0.2, 0.25) is 0 Å². The van der Waals surface area contributed by atoms with Crippen molar-refractivity contribution in [2.75, 3.05) is 0 Å². The lowest BCUT2D eigenvalue weighted by Crippen LogP contribution is -2.27. The summed E-state index contributed by atoms with van der Waals surface area (Å²) in [5.74, 6) is 0.455. The minimum absolute atomic E-state index is 0.0177. The third-order valence-corrected chi connectivity index (χ3v) is 17.8. The van der Waals surface area contributed by atoms with Crippen LogP contribution in [0.4, 0.5) is 0 Å². The van der Waals surface area contributed by atoms with Crippen molar-refractivity contribution in [2.24, 2.45) is 11.3 Å². The van der Waals surface area contributed by atoms with E-state index < -0.39 is 0 Å². The smallest absolute Gasteiger partial charge is 0.000740 e. The molecule has 13 aromatic rings. The SMILES string of the molecule is CC(C)C1(C)C=Cc2c(c(-c3ccc4ccccc4c3)c3c(c2-c2ccc4ccccc4c2)-c2ccc4c5c(ccc-3c25)-c2c-4c(-c3ccc4ccccc4c3)c3ccccc3c2-c2ccc3ccccc3c2)C1. The molecule has 1 atom stereocenters. The molecule has 0 aliphatic heterocycles. The normalized spacial score (nSPS) is 15.0. The van der Waals surface area contributed by atoms with Crippen LogP contribution in [0.5, 0.6) is 0 Å². The van der Waals surface area contributed by atoms with E-state index in [9.17, 15) is 0 Å². The van der Waals surface area contributed by atoms with Gasteiger partial charge in [-0.2, -0.15) is 0 Å². The number of hydrogen-bond acceptors (Lipinski definition) is 0. The van der Waals surface area contributed by atoms with Gasteiger partial charge >= 0.3 is 0 Å². The van der Waals surface area contributed by atoms with Gasteiger partial charge in [-0.15, -0.1) is 0 Å². The van der Waals surface area contributed by atoms with Crippen LogP contribution in [0.15, 0.2) is 224 Å². The predicted molar refractivity (Wildman–Crippen MR) is 318 cm³/mol. The molecule has 74 heavy (non-hydrogen) atoms. The second-order valence-electron chi connectivity index (χ2n) is 21.9. The molecule has 0 nitrogen and oxygen atoms in total. The fourth-order valence-electron chi connectivity index (χ4n) is 13.7. The number of benzene rings is 13. The Labute approximate surface area is 431 Å². The summed E-state index contributed by atoms with van der Waals surface area (Å²) in [7, 11) is 0. The molecular weight excluding hydrogens is 889 g/mol. The molecule has 0 fully saturated rings. The Kier molecular flexibility index (Phi) is 8.65. The molecule has 0 spiro atoms. The van der Waals surface area contributed by atoms with Crippen molar-refractivity contribution in [2.45, 2.75) is 27.2 Å². The molecule has 346 valence electrons. The van der Waals surface area contributed by atoms with Crippen molar-refractivity contribution < 1.29 is 0 Å². The molecule has 0 heteroatoms. The van der Waals surface area contributed by atoms with E-state index in [4.69, 9.17) is 0 Å². The van der Waals surface area contributed by atoms with Crippen molar-refractivity contribution in [1.82, 2.24) is 0 Å². The van der Waals surface area contributed by atoms with Crippen LogP contribution in [-0.2, 0) is 6.42 Å². The zero-order chi connectivity index (χ0) is 49.0. The average molecular weight is 939 g/mol. The molecule has 0 amide bonds. The van der Waals surface area contributed by atoms with Gasteiger partial charge in [-0.1, -0.05) is 227 Å². The highest BCUT2D eigenvalue weighted by molar-refractivity contribution is 6.34. The number of allylic oxidation sites excluding steroid dienone is 1. The molecule has 13 aromatic carbocycles. The van der Waals surface area contributed by atoms with Crippen molar-refractivity contribution in [1.29, 1.82) is 0 Å². The second kappa shape index (κ2) is 15.3. The maximum atomic E-state index is 2.54. The third kappa shape index (κ3) is 5.80. The van der Waals surface area contributed by atoms with Gasteiger partial charge in [0.15, 0.2) is 0 Å². The van der Waals surface area contributed by atoms with Gasteiger partial charge in [0.1, 0.15) is 0 Å². The molecule has 0 heterocycles. The van der Waals surface area contributed by atoms with Gasteiger partial charge in [-0.3, -0.25) is 0 Å². The monoisotopic (exact) mass is 938 g/mol. The highest BCUT2D eigenvalue weighted by Gasteiger charge is 2.40. The van der Waals surface area contributed by atoms with Gasteiger partial charge in [-0.05, 0) is 207 Å². The minimum Gasteiger partial charge on any atom is -0.0774 e. The van der Waals surface area contributed by atoms with E-state index in [1.165, 1.54) is 165 Å². The fourth-order valence-corrected chi connectivity index (χ4v) is 13.7. The van der Waals surface area contributed by atoms with E-state index >= 15 is 0 Å². The zero-order valence-electron chi connectivity index (χ0n) is 41.7. The number of hydrogen-bond donors (Lipinski definition) is 0. The van der Waals surface area contributed by atoms with E-state index in [1.807, 2.05) is 0 Å². The number of rotatable bonds is 5. The summed E-state index contributed by atoms with van der Waals surface area (Å²) < 4.78 is 0. The summed E-state index contributed by atoms with van der Waals surface area (Å²) in [6, 6.07) is 83.2. The lowest BCUT2D eigenvalue weighted by molar-refractivity contribution is 0.295. The van der Waals surface area contributed by atoms with Crippen molar-refractivity contribution in [3.63, 3.8) is 0 Å². The van der Waals surface area contributed by atoms with Gasteiger partial charge in [0.2, 0.25) is 0 Å². The lowest BCUT2D eigenvalue weighted by Gasteiger charge is -2.37. The van der Waals surface area contributed by atoms with Gasteiger partial charge in [-0.25, -0.2) is 0 Å². The first-order valence-corrected chi connectivity index (χ1v) is 26.5. The summed E-state index contributed by atoms with van der Waals surface area (Å²) in [5.41, 5.74) is 23.8. The summed E-state index contributed by atoms with van der Waals surface area (Å²) in [4.78, 5) is 0. The maximum absolute atomic E-state index is 2.54. The fraction of sp³-hybridized carbons (Fsp3) is 0.0811. The molecule has 0 saturated heterocycles. The summed E-state index contributed by atoms with van der Waals surface area (Å²) >= 11 is 0. The van der Waals surface area contributed by atoms with E-state index in [0.717, 1.165) is 6.42 Å². The van der Waals surface area contributed by atoms with Crippen molar-refractivity contribution in [3.8, 4) is 89.0 Å². The third-order valence-electron chi connectivity index (χ3n) is 17.8. The van der Waals surface area contributed by atoms with E-state index in [-0.39, 0.29) is 5.41 Å². The first kappa shape index (κ1) is 41.7. The molecule has 0 aromatic heterocycles. The molecule has 0 radical (unpaired) electrons. The van der Waals surface area contributed by atoms with Crippen LogP contribution in [0, 0.1) is 11.3 Å². The molecule has 3 aliphatic carbocycles. The molecule has 16 rings (SSSR count). The van der Waals surface area contributed by atoms with Crippen LogP contribution in [0.3, 0.4) is 0 Å². The zero-order valence-corrected chi connectivity index (χ0v) is 41.7. The molecule has 0 saturated carbocycles.